The van der Waals surface area contributed by atoms with Gasteiger partial charge >= 0.3 is 6.03 Å². The number of phenols is 1. The fraction of sp³-hybridized carbons (Fsp3) is 0.484. The zero-order valence-corrected chi connectivity index (χ0v) is 23.9. The van der Waals surface area contributed by atoms with Crippen molar-refractivity contribution in [2.75, 3.05) is 10.6 Å². The first-order valence-electron chi connectivity index (χ1n) is 14.0. The van der Waals surface area contributed by atoms with E-state index in [1.807, 2.05) is 0 Å². The molecule has 3 aliphatic carbocycles. The van der Waals surface area contributed by atoms with Crippen LogP contribution in [0.4, 0.5) is 16.2 Å². The summed E-state index contributed by atoms with van der Waals surface area (Å²) in [5, 5.41) is 51.5. The number of anilines is 2. The number of rotatable bonds is 4. The fourth-order valence-corrected chi connectivity index (χ4v) is 8.43. The third kappa shape index (κ3) is 4.05. The minimum absolute atomic E-state index is 0.0430. The number of carbonyl (C=O) groups excluding carboxylic acids is 4. The van der Waals surface area contributed by atoms with Gasteiger partial charge in [-0.3, -0.25) is 14.4 Å². The lowest BCUT2D eigenvalue weighted by atomic mass is 9.39. The first-order valence-corrected chi connectivity index (χ1v) is 14.0. The maximum Gasteiger partial charge on any atom is 0.323 e. The maximum absolute atomic E-state index is 14.1. The molecule has 3 aliphatic rings. The Morgan fingerprint density at radius 3 is 2.26 bits per heavy atom. The summed E-state index contributed by atoms with van der Waals surface area (Å²) in [5.41, 5.74) is 1.31. The Kier molecular flexibility index (Phi) is 6.99. The van der Waals surface area contributed by atoms with E-state index in [1.54, 1.807) is 64.1 Å². The smallest absolute Gasteiger partial charge is 0.323 e. The van der Waals surface area contributed by atoms with Crippen LogP contribution in [0.15, 0.2) is 42.5 Å². The number of hydrogen-bond acceptors (Lipinski definition) is 8. The van der Waals surface area contributed by atoms with E-state index in [2.05, 4.69) is 10.6 Å². The molecule has 5 rings (SSSR count). The molecule has 0 bridgehead atoms. The maximum atomic E-state index is 14.1. The van der Waals surface area contributed by atoms with Crippen molar-refractivity contribution in [3.63, 3.8) is 0 Å². The molecule has 4 unspecified atom stereocenters. The summed E-state index contributed by atoms with van der Waals surface area (Å²) in [6.45, 7) is 6.96. The number of Topliss-reactive ketones (excluding diaryl/α,β-unsaturated/α-hetero) is 2. The number of carbonyl (C=O) groups is 4. The predicted molar refractivity (Wildman–Crippen MR) is 153 cm³/mol. The number of phenolic OH excluding ortho intramolecular Hbond substituents is 1. The van der Waals surface area contributed by atoms with Gasteiger partial charge in [-0.15, -0.1) is 0 Å². The first-order chi connectivity index (χ1) is 19.6. The normalized spacial score (nSPS) is 35.6. The minimum Gasteiger partial charge on any atom is -0.505 e. The third-order valence-electron chi connectivity index (χ3n) is 9.93. The summed E-state index contributed by atoms with van der Waals surface area (Å²) in [5.74, 6) is -7.72. The van der Waals surface area contributed by atoms with E-state index >= 15 is 0 Å². The van der Waals surface area contributed by atoms with Gasteiger partial charge in [-0.05, 0) is 53.9 Å². The molecule has 2 aromatic carbocycles. The van der Waals surface area contributed by atoms with Gasteiger partial charge in [0.15, 0.2) is 17.2 Å². The molecular weight excluding hydrogens is 542 g/mol. The predicted octanol–water partition coefficient (Wildman–Crippen LogP) is 2.22. The average molecular weight is 580 g/mol. The summed E-state index contributed by atoms with van der Waals surface area (Å²) in [6.07, 6.45) is -3.21. The van der Waals surface area contributed by atoms with Crippen molar-refractivity contribution in [3.05, 3.63) is 53.6 Å². The van der Waals surface area contributed by atoms with Crippen molar-refractivity contribution in [2.45, 2.75) is 58.3 Å². The lowest BCUT2D eigenvalue weighted by Gasteiger charge is -2.66. The molecule has 0 saturated heterocycles. The number of aliphatic hydroxyl groups is 3. The van der Waals surface area contributed by atoms with E-state index in [-0.39, 0.29) is 30.0 Å². The van der Waals surface area contributed by atoms with Crippen molar-refractivity contribution in [3.8, 4) is 5.75 Å². The molecule has 2 fully saturated rings. The summed E-state index contributed by atoms with van der Waals surface area (Å²) < 4.78 is 0. The number of amides is 3. The number of urea groups is 1. The molecule has 0 aliphatic heterocycles. The molecule has 0 heterocycles. The standard InChI is InChI=1S/C31H37N3O8/c1-14(2)20-24(37)19(27(32)40)25(38)31(42)26(39)21-23(36)18-15(12-29(21,3)13-30(20,31)4)10-11-17(22(18)35)34-28(41)33-16-8-6-5-7-9-16/h5-11,14,19-21,24,26,35,37,39,42H,12-13H2,1-4H3,(H2,32,40)(H2,33,34,41)/t19?,20-,21?,24?,26?,29+,30+,31-/m0/s1. The number of aromatic hydroxyl groups is 1. The zero-order valence-electron chi connectivity index (χ0n) is 23.9. The number of nitrogens with two attached hydrogens (primary N) is 1. The molecule has 42 heavy (non-hydrogen) atoms. The van der Waals surface area contributed by atoms with E-state index in [9.17, 15) is 39.6 Å². The van der Waals surface area contributed by atoms with Gasteiger partial charge in [-0.1, -0.05) is 52.0 Å². The molecule has 2 saturated carbocycles. The Bertz CT molecular complexity index is 1480. The Morgan fingerprint density at radius 2 is 1.67 bits per heavy atom. The monoisotopic (exact) mass is 579 g/mol. The number of para-hydroxylation sites is 1. The number of fused-ring (bicyclic) bond motifs is 3. The van der Waals surface area contributed by atoms with Crippen LogP contribution in [0.25, 0.3) is 0 Å². The van der Waals surface area contributed by atoms with E-state index in [0.29, 0.717) is 11.3 Å². The summed E-state index contributed by atoms with van der Waals surface area (Å²) in [6, 6.07) is 11.1. The Labute approximate surface area is 243 Å². The topological polar surface area (TPSA) is 199 Å². The first kappa shape index (κ1) is 29.7. The molecule has 0 aromatic heterocycles. The van der Waals surface area contributed by atoms with Gasteiger partial charge in [-0.25, -0.2) is 4.79 Å². The van der Waals surface area contributed by atoms with E-state index in [0.717, 1.165) is 0 Å². The number of primary amides is 1. The van der Waals surface area contributed by atoms with Crippen LogP contribution in [-0.4, -0.2) is 61.7 Å². The van der Waals surface area contributed by atoms with Gasteiger partial charge in [0, 0.05) is 11.1 Å². The van der Waals surface area contributed by atoms with Crippen molar-refractivity contribution in [2.24, 2.45) is 40.2 Å². The third-order valence-corrected chi connectivity index (χ3v) is 9.93. The Hall–Kier alpha value is -3.80. The van der Waals surface area contributed by atoms with Crippen LogP contribution in [0, 0.1) is 34.5 Å². The Morgan fingerprint density at radius 1 is 1.02 bits per heavy atom. The number of hydrogen-bond donors (Lipinski definition) is 7. The highest BCUT2D eigenvalue weighted by Gasteiger charge is 2.75. The van der Waals surface area contributed by atoms with E-state index in [1.165, 1.54) is 6.07 Å². The average Bonchev–Trinajstić information content (AvgIpc) is 2.88. The summed E-state index contributed by atoms with van der Waals surface area (Å²) in [7, 11) is 0. The van der Waals surface area contributed by atoms with Crippen LogP contribution in [0.5, 0.6) is 5.75 Å². The molecule has 0 spiro atoms. The zero-order chi connectivity index (χ0) is 30.9. The van der Waals surface area contributed by atoms with Gasteiger partial charge in [-0.2, -0.15) is 0 Å². The molecule has 8 N–H and O–H groups in total. The second kappa shape index (κ2) is 9.89. The fourth-order valence-electron chi connectivity index (χ4n) is 8.43. The van der Waals surface area contributed by atoms with Gasteiger partial charge in [0.1, 0.15) is 17.8 Å². The molecule has 2 aromatic rings. The van der Waals surface area contributed by atoms with E-state index in [4.69, 9.17) is 5.73 Å². The van der Waals surface area contributed by atoms with Gasteiger partial charge in [0.05, 0.1) is 23.3 Å². The van der Waals surface area contributed by atoms with E-state index < -0.39 is 75.6 Å². The highest BCUT2D eigenvalue weighted by Crippen LogP contribution is 2.65. The van der Waals surface area contributed by atoms with Crippen molar-refractivity contribution in [1.82, 2.24) is 0 Å². The lowest BCUT2D eigenvalue weighted by Crippen LogP contribution is -2.79. The van der Waals surface area contributed by atoms with Gasteiger partial charge < -0.3 is 36.8 Å². The van der Waals surface area contributed by atoms with Crippen molar-refractivity contribution < 1.29 is 39.6 Å². The molecule has 0 radical (unpaired) electrons. The Balaban J connectivity index is 1.56. The molecule has 11 heteroatoms. The van der Waals surface area contributed by atoms with Crippen LogP contribution < -0.4 is 16.4 Å². The lowest BCUT2D eigenvalue weighted by molar-refractivity contribution is -0.265. The second-order valence-electron chi connectivity index (χ2n) is 12.9. The minimum atomic E-state index is -2.58. The highest BCUT2D eigenvalue weighted by molar-refractivity contribution is 6.10. The molecule has 224 valence electrons. The molecule has 3 amide bonds. The largest absolute Gasteiger partial charge is 0.505 e. The van der Waals surface area contributed by atoms with Crippen LogP contribution in [0.2, 0.25) is 0 Å². The van der Waals surface area contributed by atoms with Crippen LogP contribution in [-0.2, 0) is 16.0 Å². The quantitative estimate of drug-likeness (QED) is 0.211. The van der Waals surface area contributed by atoms with Crippen molar-refractivity contribution in [1.29, 1.82) is 0 Å². The van der Waals surface area contributed by atoms with Gasteiger partial charge in [0.25, 0.3) is 0 Å². The summed E-state index contributed by atoms with van der Waals surface area (Å²) >= 11 is 0. The molecule has 11 nitrogen and oxygen atoms in total. The summed E-state index contributed by atoms with van der Waals surface area (Å²) in [4.78, 5) is 52.8. The number of ketones is 2. The SMILES string of the molecule is CC(C)[C@H]1C(O)C(C(N)=O)C(=O)[C@]2(O)C(O)C3C(=O)c4c(ccc(NC(=O)Nc5ccccc5)c4O)C[C@]3(C)C[C@]12C. The number of aliphatic hydroxyl groups excluding tert-OH is 2. The number of benzene rings is 2. The van der Waals surface area contributed by atoms with Crippen molar-refractivity contribution >= 4 is 34.9 Å². The molecular formula is C31H37N3O8. The highest BCUT2D eigenvalue weighted by atomic mass is 16.4. The van der Waals surface area contributed by atoms with Crippen LogP contribution in [0.1, 0.15) is 50.0 Å². The van der Waals surface area contributed by atoms with Crippen LogP contribution >= 0.6 is 0 Å². The second-order valence-corrected chi connectivity index (χ2v) is 12.9. The number of nitrogens with one attached hydrogen (secondary N) is 2. The molecule has 8 atom stereocenters. The van der Waals surface area contributed by atoms with Crippen LogP contribution in [0.3, 0.4) is 0 Å². The van der Waals surface area contributed by atoms with Gasteiger partial charge in [0.2, 0.25) is 5.91 Å².